The smallest absolute Gasteiger partial charge is 0.0761 e. The summed E-state index contributed by atoms with van der Waals surface area (Å²) in [6, 6.07) is 8.01. The first-order valence-electron chi connectivity index (χ1n) is 7.78. The Bertz CT molecular complexity index is 639. The van der Waals surface area contributed by atoms with Crippen molar-refractivity contribution < 1.29 is 5.11 Å². The van der Waals surface area contributed by atoms with E-state index in [9.17, 15) is 5.11 Å². The number of aromatic nitrogens is 1. The predicted molar refractivity (Wildman–Crippen MR) is 90.2 cm³/mol. The first-order chi connectivity index (χ1) is 10.6. The second-order valence-corrected chi connectivity index (χ2v) is 6.43. The number of aliphatic hydroxyl groups is 1. The molecule has 0 amide bonds. The third kappa shape index (κ3) is 3.58. The molecule has 3 rings (SSSR count). The van der Waals surface area contributed by atoms with Crippen LogP contribution in [0.1, 0.15) is 12.5 Å². The summed E-state index contributed by atoms with van der Waals surface area (Å²) in [4.78, 5) is 9.23. The number of halogens is 1. The lowest BCUT2D eigenvalue weighted by molar-refractivity contribution is 0.0782. The third-order valence-electron chi connectivity index (χ3n) is 4.19. The number of fused-ring (bicyclic) bond motifs is 1. The van der Waals surface area contributed by atoms with Crippen molar-refractivity contribution in [2.24, 2.45) is 0 Å². The van der Waals surface area contributed by atoms with E-state index in [1.54, 1.807) is 0 Å². The molecule has 0 saturated carbocycles. The van der Waals surface area contributed by atoms with Gasteiger partial charge in [-0.05, 0) is 19.1 Å². The Balaban J connectivity index is 1.71. The van der Waals surface area contributed by atoms with Crippen molar-refractivity contribution in [1.82, 2.24) is 14.8 Å². The average Bonchev–Trinajstić information content (AvgIpc) is 2.51. The number of hydrogen-bond acceptors (Lipinski definition) is 4. The summed E-state index contributed by atoms with van der Waals surface area (Å²) in [5, 5.41) is 11.4. The molecule has 1 aromatic heterocycles. The Morgan fingerprint density at radius 1 is 1.18 bits per heavy atom. The van der Waals surface area contributed by atoms with Crippen molar-refractivity contribution in [3.8, 4) is 0 Å². The maximum atomic E-state index is 9.48. The summed E-state index contributed by atoms with van der Waals surface area (Å²) >= 11 is 6.41. The van der Waals surface area contributed by atoms with Crippen LogP contribution in [0, 0.1) is 0 Å². The Morgan fingerprint density at radius 3 is 2.64 bits per heavy atom. The molecule has 118 valence electrons. The Kier molecular flexibility index (Phi) is 4.93. The van der Waals surface area contributed by atoms with Crippen molar-refractivity contribution >= 4 is 22.5 Å². The molecule has 1 saturated heterocycles. The van der Waals surface area contributed by atoms with Crippen molar-refractivity contribution in [1.29, 1.82) is 0 Å². The predicted octanol–water partition coefficient (Wildman–Crippen LogP) is 2.39. The molecule has 1 aliphatic heterocycles. The van der Waals surface area contributed by atoms with Gasteiger partial charge in [-0.3, -0.25) is 14.8 Å². The SMILES string of the molecule is C[C@@H](O)CN1CCN(Cc2c(Cl)ccc3cccnc23)CC1. The lowest BCUT2D eigenvalue weighted by atomic mass is 10.1. The first kappa shape index (κ1) is 15.7. The second-order valence-electron chi connectivity index (χ2n) is 6.03. The fourth-order valence-electron chi connectivity index (χ4n) is 3.06. The van der Waals surface area contributed by atoms with Crippen LogP contribution < -0.4 is 0 Å². The third-order valence-corrected chi connectivity index (χ3v) is 4.55. The highest BCUT2D eigenvalue weighted by molar-refractivity contribution is 6.32. The molecule has 1 atom stereocenters. The maximum Gasteiger partial charge on any atom is 0.0761 e. The van der Waals surface area contributed by atoms with Gasteiger partial charge in [-0.1, -0.05) is 23.7 Å². The van der Waals surface area contributed by atoms with Gasteiger partial charge in [0, 0.05) is 61.4 Å². The minimum Gasteiger partial charge on any atom is -0.392 e. The van der Waals surface area contributed by atoms with Crippen LogP contribution in [0.5, 0.6) is 0 Å². The number of benzene rings is 1. The molecule has 22 heavy (non-hydrogen) atoms. The highest BCUT2D eigenvalue weighted by Crippen LogP contribution is 2.26. The van der Waals surface area contributed by atoms with E-state index in [0.717, 1.165) is 60.8 Å². The van der Waals surface area contributed by atoms with Crippen molar-refractivity contribution in [2.45, 2.75) is 19.6 Å². The van der Waals surface area contributed by atoms with Crippen molar-refractivity contribution in [3.63, 3.8) is 0 Å². The molecule has 0 unspecified atom stereocenters. The topological polar surface area (TPSA) is 39.6 Å². The van der Waals surface area contributed by atoms with Gasteiger partial charge in [0.2, 0.25) is 0 Å². The molecule has 2 heterocycles. The Hall–Kier alpha value is -1.20. The lowest BCUT2D eigenvalue weighted by Gasteiger charge is -2.35. The number of nitrogens with zero attached hydrogens (tertiary/aromatic N) is 3. The normalized spacial score (nSPS) is 18.7. The van der Waals surface area contributed by atoms with Gasteiger partial charge in [-0.25, -0.2) is 0 Å². The fraction of sp³-hybridized carbons (Fsp3) is 0.471. The summed E-state index contributed by atoms with van der Waals surface area (Å²) in [6.07, 6.45) is 1.56. The summed E-state index contributed by atoms with van der Waals surface area (Å²) in [6.45, 7) is 7.38. The van der Waals surface area contributed by atoms with Crippen LogP contribution >= 0.6 is 11.6 Å². The van der Waals surface area contributed by atoms with Crippen LogP contribution in [0.2, 0.25) is 5.02 Å². The quantitative estimate of drug-likeness (QED) is 0.939. The summed E-state index contributed by atoms with van der Waals surface area (Å²) in [5.41, 5.74) is 2.12. The summed E-state index contributed by atoms with van der Waals surface area (Å²) in [7, 11) is 0. The summed E-state index contributed by atoms with van der Waals surface area (Å²) in [5.74, 6) is 0. The van der Waals surface area contributed by atoms with Crippen LogP contribution in [0.4, 0.5) is 0 Å². The molecule has 0 radical (unpaired) electrons. The molecular formula is C17H22ClN3O. The van der Waals surface area contributed by atoms with Gasteiger partial charge in [0.1, 0.15) is 0 Å². The van der Waals surface area contributed by atoms with E-state index in [0.29, 0.717) is 0 Å². The number of piperazine rings is 1. The van der Waals surface area contributed by atoms with E-state index >= 15 is 0 Å². The van der Waals surface area contributed by atoms with Gasteiger partial charge in [0.05, 0.1) is 11.6 Å². The van der Waals surface area contributed by atoms with E-state index in [4.69, 9.17) is 11.6 Å². The van der Waals surface area contributed by atoms with Gasteiger partial charge < -0.3 is 5.11 Å². The standard InChI is InChI=1S/C17H22ClN3O/c1-13(22)11-20-7-9-21(10-8-20)12-15-16(18)5-4-14-3-2-6-19-17(14)15/h2-6,13,22H,7-12H2,1H3/t13-/m1/s1. The van der Waals surface area contributed by atoms with Gasteiger partial charge in [0.25, 0.3) is 0 Å². The highest BCUT2D eigenvalue weighted by Gasteiger charge is 2.19. The molecule has 0 bridgehead atoms. The molecule has 1 fully saturated rings. The molecule has 5 heteroatoms. The zero-order valence-electron chi connectivity index (χ0n) is 12.9. The van der Waals surface area contributed by atoms with Crippen LogP contribution in [0.25, 0.3) is 10.9 Å². The molecule has 0 aliphatic carbocycles. The Morgan fingerprint density at radius 2 is 1.91 bits per heavy atom. The van der Waals surface area contributed by atoms with Crippen molar-refractivity contribution in [2.75, 3.05) is 32.7 Å². The molecule has 0 spiro atoms. The second kappa shape index (κ2) is 6.92. The zero-order chi connectivity index (χ0) is 15.5. The van der Waals surface area contributed by atoms with E-state index in [-0.39, 0.29) is 6.10 Å². The van der Waals surface area contributed by atoms with Gasteiger partial charge in [-0.2, -0.15) is 0 Å². The minimum absolute atomic E-state index is 0.261. The van der Waals surface area contributed by atoms with Crippen LogP contribution in [-0.2, 0) is 6.54 Å². The molecule has 1 N–H and O–H groups in total. The van der Waals surface area contributed by atoms with Gasteiger partial charge in [0.15, 0.2) is 0 Å². The highest BCUT2D eigenvalue weighted by atomic mass is 35.5. The average molecular weight is 320 g/mol. The number of rotatable bonds is 4. The van der Waals surface area contributed by atoms with Crippen LogP contribution in [0.3, 0.4) is 0 Å². The van der Waals surface area contributed by atoms with E-state index in [1.807, 2.05) is 31.3 Å². The zero-order valence-corrected chi connectivity index (χ0v) is 13.6. The molecule has 2 aromatic rings. The van der Waals surface area contributed by atoms with E-state index in [2.05, 4.69) is 20.9 Å². The molecule has 4 nitrogen and oxygen atoms in total. The lowest BCUT2D eigenvalue weighted by Crippen LogP contribution is -2.47. The number of pyridine rings is 1. The molecule has 1 aliphatic rings. The Labute approximate surface area is 136 Å². The number of aliphatic hydroxyl groups excluding tert-OH is 1. The number of β-amino-alcohol motifs (C(OH)–C–C–N with tert-alkyl or cyclic N) is 1. The monoisotopic (exact) mass is 319 g/mol. The van der Waals surface area contributed by atoms with Crippen LogP contribution in [-0.4, -0.2) is 58.7 Å². The van der Waals surface area contributed by atoms with Gasteiger partial charge in [-0.15, -0.1) is 0 Å². The maximum absolute atomic E-state index is 9.48. The number of hydrogen-bond donors (Lipinski definition) is 1. The fourth-order valence-corrected chi connectivity index (χ4v) is 3.27. The van der Waals surface area contributed by atoms with Crippen molar-refractivity contribution in [3.05, 3.63) is 41.0 Å². The summed E-state index contributed by atoms with van der Waals surface area (Å²) < 4.78 is 0. The molecular weight excluding hydrogens is 298 g/mol. The van der Waals surface area contributed by atoms with Gasteiger partial charge >= 0.3 is 0 Å². The van der Waals surface area contributed by atoms with E-state index in [1.165, 1.54) is 0 Å². The molecule has 1 aromatic carbocycles. The minimum atomic E-state index is -0.261. The largest absolute Gasteiger partial charge is 0.392 e. The first-order valence-corrected chi connectivity index (χ1v) is 8.16. The van der Waals surface area contributed by atoms with Crippen LogP contribution in [0.15, 0.2) is 30.5 Å². The van der Waals surface area contributed by atoms with E-state index < -0.39 is 0 Å².